The largest absolute Gasteiger partial charge is 0.370 e. The van der Waals surface area contributed by atoms with Crippen LogP contribution in [0, 0.1) is 17.7 Å². The zero-order chi connectivity index (χ0) is 17.5. The van der Waals surface area contributed by atoms with Crippen molar-refractivity contribution in [1.82, 2.24) is 5.32 Å². The lowest BCUT2D eigenvalue weighted by atomic mass is 9.66. The number of benzene rings is 1. The molecule has 5 atom stereocenters. The van der Waals surface area contributed by atoms with Crippen LogP contribution < -0.4 is 5.32 Å². The predicted molar refractivity (Wildman–Crippen MR) is 92.4 cm³/mol. The van der Waals surface area contributed by atoms with Gasteiger partial charge in [-0.05, 0) is 43.4 Å². The van der Waals surface area contributed by atoms with Crippen LogP contribution in [0.15, 0.2) is 18.2 Å². The first kappa shape index (κ1) is 17.7. The summed E-state index contributed by atoms with van der Waals surface area (Å²) in [6, 6.07) is 4.84. The Morgan fingerprint density at radius 2 is 2.17 bits per heavy atom. The van der Waals surface area contributed by atoms with E-state index < -0.39 is 5.82 Å². The Hall–Kier alpha value is -1.13. The maximum absolute atomic E-state index is 13.9. The Morgan fingerprint density at radius 3 is 2.83 bits per heavy atom. The van der Waals surface area contributed by atoms with Crippen LogP contribution in [0.2, 0.25) is 5.02 Å². The number of fused-ring (bicyclic) bond motifs is 1. The first-order valence-electron chi connectivity index (χ1n) is 8.67. The van der Waals surface area contributed by atoms with Crippen molar-refractivity contribution < 1.29 is 13.9 Å². The molecular weight excluding hydrogens is 329 g/mol. The molecule has 0 aromatic heterocycles. The number of carbonyl (C=O) groups excluding carboxylic acids is 1. The van der Waals surface area contributed by atoms with Gasteiger partial charge in [-0.15, -0.1) is 0 Å². The van der Waals surface area contributed by atoms with Gasteiger partial charge in [0.05, 0.1) is 17.2 Å². The Morgan fingerprint density at radius 1 is 1.42 bits per heavy atom. The van der Waals surface area contributed by atoms with Gasteiger partial charge < -0.3 is 10.1 Å². The minimum Gasteiger partial charge on any atom is -0.370 e. The molecule has 24 heavy (non-hydrogen) atoms. The fourth-order valence-corrected chi connectivity index (χ4v) is 4.58. The van der Waals surface area contributed by atoms with Crippen molar-refractivity contribution in [3.05, 3.63) is 34.6 Å². The number of rotatable bonds is 2. The van der Waals surface area contributed by atoms with Crippen molar-refractivity contribution in [2.45, 2.75) is 64.2 Å². The maximum atomic E-state index is 13.9. The lowest BCUT2D eigenvalue weighted by molar-refractivity contribution is -0.153. The lowest BCUT2D eigenvalue weighted by Gasteiger charge is -2.52. The van der Waals surface area contributed by atoms with Crippen molar-refractivity contribution in [2.75, 3.05) is 0 Å². The molecule has 3 nitrogen and oxygen atoms in total. The van der Waals surface area contributed by atoms with Gasteiger partial charge in [-0.3, -0.25) is 4.79 Å². The van der Waals surface area contributed by atoms with Gasteiger partial charge in [-0.2, -0.15) is 0 Å². The Kier molecular flexibility index (Phi) is 4.89. The van der Waals surface area contributed by atoms with E-state index in [1.165, 1.54) is 6.07 Å². The lowest BCUT2D eigenvalue weighted by Crippen LogP contribution is -2.60. The molecule has 2 aliphatic rings. The quantitative estimate of drug-likeness (QED) is 0.841. The third kappa shape index (κ3) is 3.45. The van der Waals surface area contributed by atoms with E-state index in [0.717, 1.165) is 24.8 Å². The van der Waals surface area contributed by atoms with Crippen molar-refractivity contribution in [3.8, 4) is 0 Å². The molecule has 0 spiro atoms. The van der Waals surface area contributed by atoms with Crippen molar-refractivity contribution in [3.63, 3.8) is 0 Å². The molecule has 1 amide bonds. The topological polar surface area (TPSA) is 38.3 Å². The summed E-state index contributed by atoms with van der Waals surface area (Å²) in [5.41, 5.74) is 0.445. The SMILES string of the molecule is CC(=O)N[C@@]1(C)C[C@H](c2ccc(Cl)c(F)c2)O[C@@H]2C[C@H](C)CC[C@H]21. The van der Waals surface area contributed by atoms with Crippen molar-refractivity contribution in [2.24, 2.45) is 11.8 Å². The summed E-state index contributed by atoms with van der Waals surface area (Å²) in [5, 5.41) is 3.27. The molecule has 1 aromatic carbocycles. The fourth-order valence-electron chi connectivity index (χ4n) is 4.46. The van der Waals surface area contributed by atoms with Crippen molar-refractivity contribution in [1.29, 1.82) is 0 Å². The second-order valence-electron chi connectivity index (χ2n) is 7.66. The van der Waals surface area contributed by atoms with E-state index >= 15 is 0 Å². The summed E-state index contributed by atoms with van der Waals surface area (Å²) in [6.07, 6.45) is 3.67. The second-order valence-corrected chi connectivity index (χ2v) is 8.07. The average molecular weight is 354 g/mol. The molecule has 0 unspecified atom stereocenters. The van der Waals surface area contributed by atoms with Gasteiger partial charge in [0.2, 0.25) is 5.91 Å². The number of ether oxygens (including phenoxy) is 1. The van der Waals surface area contributed by atoms with Crippen LogP contribution in [0.5, 0.6) is 0 Å². The molecule has 5 heteroatoms. The third-order valence-corrected chi connectivity index (χ3v) is 5.90. The van der Waals surface area contributed by atoms with E-state index in [1.807, 2.05) is 6.07 Å². The highest BCUT2D eigenvalue weighted by Gasteiger charge is 2.49. The van der Waals surface area contributed by atoms with Gasteiger partial charge in [0.1, 0.15) is 5.82 Å². The zero-order valence-corrected chi connectivity index (χ0v) is 15.2. The number of hydrogen-bond acceptors (Lipinski definition) is 2. The Labute approximate surface area is 147 Å². The molecule has 1 saturated carbocycles. The van der Waals surface area contributed by atoms with Crippen LogP contribution >= 0.6 is 11.6 Å². The highest BCUT2D eigenvalue weighted by atomic mass is 35.5. The highest BCUT2D eigenvalue weighted by Crippen LogP contribution is 2.48. The standard InChI is InChI=1S/C19H25ClFNO2/c1-11-4-6-14-17(8-11)24-18(10-19(14,3)22-12(2)23)13-5-7-15(20)16(21)9-13/h5,7,9,11,14,17-18H,4,6,8,10H2,1-3H3,(H,22,23)/t11-,14-,17-,18-,19+/m1/s1. The fraction of sp³-hybridized carbons (Fsp3) is 0.632. The number of amides is 1. The number of carbonyl (C=O) groups is 1. The Balaban J connectivity index is 1.91. The molecule has 3 rings (SSSR count). The van der Waals surface area contributed by atoms with Crippen LogP contribution in [0.25, 0.3) is 0 Å². The summed E-state index contributed by atoms with van der Waals surface area (Å²) >= 11 is 5.80. The van der Waals surface area contributed by atoms with Gasteiger partial charge in [-0.25, -0.2) is 4.39 Å². The predicted octanol–water partition coefficient (Wildman–Crippen LogP) is 4.64. The second kappa shape index (κ2) is 6.64. The first-order chi connectivity index (χ1) is 11.3. The van der Waals surface area contributed by atoms with E-state index in [0.29, 0.717) is 18.3 Å². The summed E-state index contributed by atoms with van der Waals surface area (Å²) in [7, 11) is 0. The average Bonchev–Trinajstić information content (AvgIpc) is 2.48. The number of halogens is 2. The molecule has 132 valence electrons. The molecule has 1 aliphatic carbocycles. The molecular formula is C19H25ClFNO2. The van der Waals surface area contributed by atoms with E-state index in [2.05, 4.69) is 19.2 Å². The zero-order valence-electron chi connectivity index (χ0n) is 14.4. The van der Waals surface area contributed by atoms with Gasteiger partial charge in [-0.1, -0.05) is 31.0 Å². The normalized spacial score (nSPS) is 36.0. The number of nitrogens with one attached hydrogen (secondary N) is 1. The van der Waals surface area contributed by atoms with Gasteiger partial charge in [0, 0.05) is 24.8 Å². The molecule has 1 aliphatic heterocycles. The minimum atomic E-state index is -0.432. The monoisotopic (exact) mass is 353 g/mol. The van der Waals surface area contributed by atoms with E-state index in [1.54, 1.807) is 13.0 Å². The van der Waals surface area contributed by atoms with Crippen LogP contribution in [-0.2, 0) is 9.53 Å². The van der Waals surface area contributed by atoms with Crippen molar-refractivity contribution >= 4 is 17.5 Å². The van der Waals surface area contributed by atoms with E-state index in [9.17, 15) is 9.18 Å². The molecule has 0 bridgehead atoms. The van der Waals surface area contributed by atoms with Crippen LogP contribution in [0.1, 0.15) is 58.1 Å². The third-order valence-electron chi connectivity index (χ3n) is 5.60. The number of hydrogen-bond donors (Lipinski definition) is 1. The van der Waals surface area contributed by atoms with Gasteiger partial charge in [0.15, 0.2) is 0 Å². The smallest absolute Gasteiger partial charge is 0.217 e. The molecule has 2 fully saturated rings. The molecule has 0 radical (unpaired) electrons. The minimum absolute atomic E-state index is 0.0298. The van der Waals surface area contributed by atoms with Crippen LogP contribution in [-0.4, -0.2) is 17.6 Å². The van der Waals surface area contributed by atoms with E-state index in [-0.39, 0.29) is 28.7 Å². The van der Waals surface area contributed by atoms with Gasteiger partial charge >= 0.3 is 0 Å². The first-order valence-corrected chi connectivity index (χ1v) is 9.05. The summed E-state index contributed by atoms with van der Waals surface area (Å²) in [5.74, 6) is 0.440. The molecule has 1 heterocycles. The summed E-state index contributed by atoms with van der Waals surface area (Å²) in [6.45, 7) is 5.89. The molecule has 1 aromatic rings. The van der Waals surface area contributed by atoms with Crippen LogP contribution in [0.3, 0.4) is 0 Å². The van der Waals surface area contributed by atoms with Crippen LogP contribution in [0.4, 0.5) is 4.39 Å². The molecule has 1 N–H and O–H groups in total. The maximum Gasteiger partial charge on any atom is 0.217 e. The highest BCUT2D eigenvalue weighted by molar-refractivity contribution is 6.30. The van der Waals surface area contributed by atoms with Gasteiger partial charge in [0.25, 0.3) is 0 Å². The summed E-state index contributed by atoms with van der Waals surface area (Å²) in [4.78, 5) is 11.8. The summed E-state index contributed by atoms with van der Waals surface area (Å²) < 4.78 is 20.2. The van der Waals surface area contributed by atoms with E-state index in [4.69, 9.17) is 16.3 Å². The molecule has 1 saturated heterocycles. The Bertz CT molecular complexity index is 638.